The minimum absolute atomic E-state index is 0.144. The van der Waals surface area contributed by atoms with Crippen LogP contribution in [0.4, 0.5) is 11.4 Å². The third kappa shape index (κ3) is 2.07. The highest BCUT2D eigenvalue weighted by Gasteiger charge is 2.72. The number of anilines is 1. The molecule has 7 heteroatoms. The zero-order chi connectivity index (χ0) is 23.1. The molecule has 1 saturated heterocycles. The van der Waals surface area contributed by atoms with Crippen LogP contribution in [0.3, 0.4) is 0 Å². The fraction of sp³-hybridized carbons (Fsp3) is 0.192. The maximum atomic E-state index is 13.9. The number of nitrogens with zero attached hydrogens (tertiary/aromatic N) is 2. The number of nitro groups is 1. The number of non-ortho nitro benzene ring substituents is 1. The maximum Gasteiger partial charge on any atom is 0.271 e. The van der Waals surface area contributed by atoms with Gasteiger partial charge in [0.25, 0.3) is 5.69 Å². The van der Waals surface area contributed by atoms with Gasteiger partial charge in [0.05, 0.1) is 27.9 Å². The molecule has 162 valence electrons. The van der Waals surface area contributed by atoms with Gasteiger partial charge in [-0.15, -0.1) is 0 Å². The van der Waals surface area contributed by atoms with E-state index in [1.54, 1.807) is 0 Å². The number of nitro benzene ring substituents is 1. The van der Waals surface area contributed by atoms with Gasteiger partial charge in [0, 0.05) is 17.5 Å². The lowest BCUT2D eigenvalue weighted by Crippen LogP contribution is -2.61. The van der Waals surface area contributed by atoms with Gasteiger partial charge in [-0.1, -0.05) is 61.5 Å². The molecule has 0 radical (unpaired) electrons. The van der Waals surface area contributed by atoms with Gasteiger partial charge in [-0.2, -0.15) is 0 Å². The van der Waals surface area contributed by atoms with Gasteiger partial charge < -0.3 is 4.79 Å². The summed E-state index contributed by atoms with van der Waals surface area (Å²) in [6.07, 6.45) is 0.809. The smallest absolute Gasteiger partial charge is 0.271 e. The molecule has 0 spiro atoms. The summed E-state index contributed by atoms with van der Waals surface area (Å²) in [7, 11) is 0. The zero-order valence-corrected chi connectivity index (χ0v) is 17.6. The van der Waals surface area contributed by atoms with Crippen LogP contribution in [0.5, 0.6) is 0 Å². The van der Waals surface area contributed by atoms with Crippen LogP contribution in [0.1, 0.15) is 29.2 Å². The van der Waals surface area contributed by atoms with Gasteiger partial charge in [0.1, 0.15) is 6.29 Å². The first-order chi connectivity index (χ1) is 15.9. The third-order valence-corrected chi connectivity index (χ3v) is 7.77. The second-order valence-corrected chi connectivity index (χ2v) is 9.02. The van der Waals surface area contributed by atoms with Crippen molar-refractivity contribution in [2.45, 2.75) is 17.8 Å². The molecule has 33 heavy (non-hydrogen) atoms. The molecule has 2 atom stereocenters. The minimum atomic E-state index is -1.31. The topological polar surface area (TPSA) is 97.6 Å². The zero-order valence-electron chi connectivity index (χ0n) is 17.6. The average Bonchev–Trinajstić information content (AvgIpc) is 3.11. The first-order valence-corrected chi connectivity index (χ1v) is 10.7. The first kappa shape index (κ1) is 19.5. The van der Waals surface area contributed by atoms with E-state index in [-0.39, 0.29) is 11.4 Å². The van der Waals surface area contributed by atoms with Crippen molar-refractivity contribution in [2.75, 3.05) is 4.90 Å². The van der Waals surface area contributed by atoms with Crippen molar-refractivity contribution < 1.29 is 19.3 Å². The van der Waals surface area contributed by atoms with E-state index in [9.17, 15) is 24.5 Å². The molecule has 3 aromatic rings. The molecule has 0 N–H and O–H groups in total. The second-order valence-electron chi connectivity index (χ2n) is 9.02. The fourth-order valence-electron chi connectivity index (χ4n) is 6.46. The van der Waals surface area contributed by atoms with Gasteiger partial charge in [-0.05, 0) is 28.3 Å². The maximum absolute atomic E-state index is 13.9. The van der Waals surface area contributed by atoms with Gasteiger partial charge in [-0.25, -0.2) is 4.90 Å². The van der Waals surface area contributed by atoms with Gasteiger partial charge in [0.15, 0.2) is 0 Å². The summed E-state index contributed by atoms with van der Waals surface area (Å²) in [6, 6.07) is 20.5. The van der Waals surface area contributed by atoms with E-state index in [2.05, 4.69) is 0 Å². The molecule has 7 nitrogen and oxygen atoms in total. The lowest BCUT2D eigenvalue weighted by atomic mass is 9.42. The molecular formula is C26H18N2O5. The molecule has 0 unspecified atom stereocenters. The van der Waals surface area contributed by atoms with E-state index in [0.717, 1.165) is 33.4 Å². The highest BCUT2D eigenvalue weighted by molar-refractivity contribution is 6.25. The number of imide groups is 1. The third-order valence-electron chi connectivity index (χ3n) is 7.77. The predicted octanol–water partition coefficient (Wildman–Crippen LogP) is 3.52. The monoisotopic (exact) mass is 438 g/mol. The summed E-state index contributed by atoms with van der Waals surface area (Å²) >= 11 is 0. The van der Waals surface area contributed by atoms with E-state index in [1.165, 1.54) is 24.3 Å². The average molecular weight is 438 g/mol. The lowest BCUT2D eigenvalue weighted by molar-refractivity contribution is -0.384. The molecule has 0 saturated carbocycles. The number of hydrogen-bond acceptors (Lipinski definition) is 5. The standard InChI is InChI=1S/C26H18N2O5/c1-25-17-9-2-4-11-19(17)26(14-29,20-12-5-3-10-18(20)25)22-21(25)23(30)27(24(22)31)15-7-6-8-16(13-15)28(32)33/h2-14,21-22H,1H3/t21-,22+,25?,26?/m0/s1. The normalized spacial score (nSPS) is 28.8. The summed E-state index contributed by atoms with van der Waals surface area (Å²) < 4.78 is 0. The Morgan fingerprint density at radius 1 is 0.848 bits per heavy atom. The molecule has 1 heterocycles. The Morgan fingerprint density at radius 3 is 1.94 bits per heavy atom. The number of carbonyl (C=O) groups excluding carboxylic acids is 3. The van der Waals surface area contributed by atoms with E-state index in [0.29, 0.717) is 0 Å². The summed E-state index contributed by atoms with van der Waals surface area (Å²) in [5, 5.41) is 11.3. The Bertz CT molecular complexity index is 1360. The van der Waals surface area contributed by atoms with Gasteiger partial charge in [0.2, 0.25) is 11.8 Å². The Labute approximate surface area is 188 Å². The lowest BCUT2D eigenvalue weighted by Gasteiger charge is -2.56. The highest BCUT2D eigenvalue weighted by atomic mass is 16.6. The van der Waals surface area contributed by atoms with Crippen molar-refractivity contribution in [1.82, 2.24) is 0 Å². The quantitative estimate of drug-likeness (QED) is 0.270. The predicted molar refractivity (Wildman–Crippen MR) is 119 cm³/mol. The number of amides is 2. The Morgan fingerprint density at radius 2 is 1.39 bits per heavy atom. The van der Waals surface area contributed by atoms with E-state index in [4.69, 9.17) is 0 Å². The van der Waals surface area contributed by atoms with Gasteiger partial charge >= 0.3 is 0 Å². The first-order valence-electron chi connectivity index (χ1n) is 10.7. The van der Waals surface area contributed by atoms with Crippen LogP contribution in [0, 0.1) is 22.0 Å². The van der Waals surface area contributed by atoms with Crippen LogP contribution in [-0.4, -0.2) is 23.0 Å². The Balaban J connectivity index is 1.66. The SMILES string of the molecule is CC12c3ccccc3C(C=O)(c3ccccc31)[C@H]1C(=O)N(c3cccc([N+](=O)[O-])c3)C(=O)[C@H]12. The summed E-state index contributed by atoms with van der Waals surface area (Å²) in [5.41, 5.74) is 0.995. The molecule has 1 fully saturated rings. The van der Waals surface area contributed by atoms with Gasteiger partial charge in [-0.3, -0.25) is 19.7 Å². The second kappa shape index (κ2) is 6.22. The van der Waals surface area contributed by atoms with E-state index in [1.807, 2.05) is 55.5 Å². The van der Waals surface area contributed by atoms with Crippen LogP contribution in [0.2, 0.25) is 0 Å². The van der Waals surface area contributed by atoms with E-state index < -0.39 is 39.4 Å². The van der Waals surface area contributed by atoms with Crippen molar-refractivity contribution in [3.8, 4) is 0 Å². The fourth-order valence-corrected chi connectivity index (χ4v) is 6.46. The number of carbonyl (C=O) groups is 3. The van der Waals surface area contributed by atoms with Crippen molar-refractivity contribution >= 4 is 29.5 Å². The van der Waals surface area contributed by atoms with Crippen LogP contribution >= 0.6 is 0 Å². The summed E-state index contributed by atoms with van der Waals surface area (Å²) in [5.74, 6) is -2.69. The number of benzene rings is 3. The molecule has 3 aromatic carbocycles. The molecule has 7 rings (SSSR count). The molecule has 1 aliphatic heterocycles. The Hall–Kier alpha value is -4.13. The Kier molecular flexibility index (Phi) is 3.69. The molecule has 2 bridgehead atoms. The molecule has 2 amide bonds. The number of rotatable bonds is 3. The molecule has 4 aliphatic rings. The number of aldehydes is 1. The summed E-state index contributed by atoms with van der Waals surface area (Å²) in [4.78, 5) is 52.6. The van der Waals surface area contributed by atoms with Crippen LogP contribution in [-0.2, 0) is 25.2 Å². The molecule has 0 aromatic heterocycles. The van der Waals surface area contributed by atoms with Crippen LogP contribution in [0.15, 0.2) is 72.8 Å². The summed E-state index contributed by atoms with van der Waals surface area (Å²) in [6.45, 7) is 1.96. The van der Waals surface area contributed by atoms with Crippen LogP contribution in [0.25, 0.3) is 0 Å². The van der Waals surface area contributed by atoms with Crippen LogP contribution < -0.4 is 4.90 Å². The van der Waals surface area contributed by atoms with Crippen molar-refractivity contribution in [2.24, 2.45) is 11.8 Å². The minimum Gasteiger partial charge on any atom is -0.302 e. The van der Waals surface area contributed by atoms with Crippen molar-refractivity contribution in [3.63, 3.8) is 0 Å². The van der Waals surface area contributed by atoms with Crippen molar-refractivity contribution in [1.29, 1.82) is 0 Å². The number of hydrogen-bond donors (Lipinski definition) is 0. The van der Waals surface area contributed by atoms with E-state index >= 15 is 0 Å². The van der Waals surface area contributed by atoms with Crippen molar-refractivity contribution in [3.05, 3.63) is 105 Å². The molecular weight excluding hydrogens is 420 g/mol. The highest BCUT2D eigenvalue weighted by Crippen LogP contribution is 2.66. The largest absolute Gasteiger partial charge is 0.302 e. The molecule has 3 aliphatic carbocycles.